The van der Waals surface area contributed by atoms with E-state index in [1.54, 1.807) is 0 Å². The van der Waals surface area contributed by atoms with E-state index in [1.165, 1.54) is 5.56 Å². The van der Waals surface area contributed by atoms with E-state index in [0.29, 0.717) is 18.8 Å². The monoisotopic (exact) mass is 327 g/mol. The van der Waals surface area contributed by atoms with Gasteiger partial charge in [0.1, 0.15) is 0 Å². The molecule has 0 saturated carbocycles. The summed E-state index contributed by atoms with van der Waals surface area (Å²) in [4.78, 5) is 14.7. The first-order chi connectivity index (χ1) is 11.6. The second-order valence-electron chi connectivity index (χ2n) is 6.42. The second kappa shape index (κ2) is 7.59. The summed E-state index contributed by atoms with van der Waals surface area (Å²) in [7, 11) is 2.07. The number of hydrogen-bond donors (Lipinski definition) is 3. The number of likely N-dealkylation sites (N-methyl/N-ethyl adjacent to an activating group) is 1. The third kappa shape index (κ3) is 3.83. The van der Waals surface area contributed by atoms with Crippen molar-refractivity contribution in [1.82, 2.24) is 25.7 Å². The van der Waals surface area contributed by atoms with Gasteiger partial charge in [-0.1, -0.05) is 30.3 Å². The highest BCUT2D eigenvalue weighted by Crippen LogP contribution is 2.15. The number of amides is 1. The van der Waals surface area contributed by atoms with E-state index in [0.717, 1.165) is 30.8 Å². The SMILES string of the molecule is CC(CNC(=O)c1n[nH]c2c1CNCC2)N(C)Cc1ccccc1. The van der Waals surface area contributed by atoms with Crippen LogP contribution in [-0.4, -0.2) is 47.2 Å². The van der Waals surface area contributed by atoms with Gasteiger partial charge < -0.3 is 10.6 Å². The van der Waals surface area contributed by atoms with E-state index in [4.69, 9.17) is 0 Å². The topological polar surface area (TPSA) is 73.0 Å². The number of carbonyl (C=O) groups is 1. The molecule has 1 atom stereocenters. The van der Waals surface area contributed by atoms with Crippen LogP contribution in [-0.2, 0) is 19.5 Å². The van der Waals surface area contributed by atoms with Crippen molar-refractivity contribution in [3.8, 4) is 0 Å². The molecule has 1 aromatic carbocycles. The zero-order chi connectivity index (χ0) is 16.9. The van der Waals surface area contributed by atoms with Crippen molar-refractivity contribution in [3.63, 3.8) is 0 Å². The second-order valence-corrected chi connectivity index (χ2v) is 6.42. The Labute approximate surface area is 142 Å². The van der Waals surface area contributed by atoms with Crippen molar-refractivity contribution < 1.29 is 4.79 Å². The van der Waals surface area contributed by atoms with Crippen molar-refractivity contribution in [2.45, 2.75) is 32.5 Å². The Morgan fingerprint density at radius 2 is 2.17 bits per heavy atom. The van der Waals surface area contributed by atoms with Crippen LogP contribution >= 0.6 is 0 Å². The molecular formula is C18H25N5O. The molecule has 0 radical (unpaired) electrons. The van der Waals surface area contributed by atoms with Gasteiger partial charge in [0.2, 0.25) is 0 Å². The lowest BCUT2D eigenvalue weighted by molar-refractivity contribution is 0.0933. The Hall–Kier alpha value is -2.18. The summed E-state index contributed by atoms with van der Waals surface area (Å²) in [6.07, 6.45) is 0.895. The normalized spacial score (nSPS) is 15.1. The van der Waals surface area contributed by atoms with E-state index in [1.807, 2.05) is 18.2 Å². The Kier molecular flexibility index (Phi) is 5.27. The fourth-order valence-electron chi connectivity index (χ4n) is 2.92. The summed E-state index contributed by atoms with van der Waals surface area (Å²) in [5.41, 5.74) is 3.87. The molecule has 0 bridgehead atoms. The first-order valence-corrected chi connectivity index (χ1v) is 8.44. The Balaban J connectivity index is 1.53. The maximum Gasteiger partial charge on any atom is 0.272 e. The number of rotatable bonds is 6. The number of nitrogens with zero attached hydrogens (tertiary/aromatic N) is 2. The number of aromatic nitrogens is 2. The molecule has 3 N–H and O–H groups in total. The summed E-state index contributed by atoms with van der Waals surface area (Å²) >= 11 is 0. The lowest BCUT2D eigenvalue weighted by Crippen LogP contribution is -2.40. The summed E-state index contributed by atoms with van der Waals surface area (Å²) in [6.45, 7) is 5.21. The van der Waals surface area contributed by atoms with Crippen LogP contribution in [0.3, 0.4) is 0 Å². The minimum Gasteiger partial charge on any atom is -0.349 e. The third-order valence-electron chi connectivity index (χ3n) is 4.61. The Morgan fingerprint density at radius 3 is 2.96 bits per heavy atom. The summed E-state index contributed by atoms with van der Waals surface area (Å²) in [5, 5.41) is 13.5. The molecule has 6 nitrogen and oxygen atoms in total. The maximum atomic E-state index is 12.4. The number of aromatic amines is 1. The zero-order valence-corrected chi connectivity index (χ0v) is 14.3. The van der Waals surface area contributed by atoms with E-state index >= 15 is 0 Å². The Morgan fingerprint density at radius 1 is 1.38 bits per heavy atom. The standard InChI is InChI=1S/C18H25N5O/c1-13(23(2)12-14-6-4-3-5-7-14)10-20-18(24)17-15-11-19-9-8-16(15)21-22-17/h3-7,13,19H,8-12H2,1-2H3,(H,20,24)(H,21,22). The number of carbonyl (C=O) groups excluding carboxylic acids is 1. The Bertz CT molecular complexity index is 682. The van der Waals surface area contributed by atoms with E-state index in [-0.39, 0.29) is 11.9 Å². The van der Waals surface area contributed by atoms with Crippen LogP contribution in [0.25, 0.3) is 0 Å². The number of H-pyrrole nitrogens is 1. The molecular weight excluding hydrogens is 302 g/mol. The third-order valence-corrected chi connectivity index (χ3v) is 4.61. The predicted molar refractivity (Wildman–Crippen MR) is 93.7 cm³/mol. The average molecular weight is 327 g/mol. The summed E-state index contributed by atoms with van der Waals surface area (Å²) in [6, 6.07) is 10.6. The largest absolute Gasteiger partial charge is 0.349 e. The van der Waals surface area contributed by atoms with Gasteiger partial charge in [-0.15, -0.1) is 0 Å². The molecule has 2 heterocycles. The average Bonchev–Trinajstić information content (AvgIpc) is 3.04. The number of benzene rings is 1. The molecule has 0 fully saturated rings. The van der Waals surface area contributed by atoms with Crippen molar-refractivity contribution in [3.05, 3.63) is 52.8 Å². The van der Waals surface area contributed by atoms with Crippen LogP contribution in [0.5, 0.6) is 0 Å². The molecule has 1 aliphatic rings. The van der Waals surface area contributed by atoms with E-state index in [2.05, 4.69) is 51.8 Å². The molecule has 0 spiro atoms. The van der Waals surface area contributed by atoms with Gasteiger partial charge in [0.25, 0.3) is 5.91 Å². The predicted octanol–water partition coefficient (Wildman–Crippen LogP) is 1.31. The smallest absolute Gasteiger partial charge is 0.272 e. The van der Waals surface area contributed by atoms with Crippen molar-refractivity contribution >= 4 is 5.91 Å². The molecule has 24 heavy (non-hydrogen) atoms. The van der Waals surface area contributed by atoms with Crippen LogP contribution in [0.15, 0.2) is 30.3 Å². The first kappa shape index (κ1) is 16.7. The van der Waals surface area contributed by atoms with Gasteiger partial charge in [0, 0.05) is 49.9 Å². The lowest BCUT2D eigenvalue weighted by Gasteiger charge is -2.25. The van der Waals surface area contributed by atoms with E-state index in [9.17, 15) is 4.79 Å². The van der Waals surface area contributed by atoms with Gasteiger partial charge in [-0.25, -0.2) is 0 Å². The van der Waals surface area contributed by atoms with Gasteiger partial charge in [-0.05, 0) is 19.5 Å². The van der Waals surface area contributed by atoms with Crippen LogP contribution in [0.4, 0.5) is 0 Å². The van der Waals surface area contributed by atoms with Gasteiger partial charge in [0.05, 0.1) is 0 Å². The molecule has 128 valence electrons. The molecule has 2 aromatic rings. The molecule has 0 saturated heterocycles. The summed E-state index contributed by atoms with van der Waals surface area (Å²) in [5.74, 6) is -0.101. The highest BCUT2D eigenvalue weighted by molar-refractivity contribution is 5.94. The van der Waals surface area contributed by atoms with Crippen molar-refractivity contribution in [2.75, 3.05) is 20.1 Å². The van der Waals surface area contributed by atoms with Gasteiger partial charge >= 0.3 is 0 Å². The minimum atomic E-state index is -0.101. The van der Waals surface area contributed by atoms with Crippen molar-refractivity contribution in [2.24, 2.45) is 0 Å². The fraction of sp³-hybridized carbons (Fsp3) is 0.444. The van der Waals surface area contributed by atoms with Gasteiger partial charge in [0.15, 0.2) is 5.69 Å². The molecule has 1 aromatic heterocycles. The summed E-state index contributed by atoms with van der Waals surface area (Å²) < 4.78 is 0. The minimum absolute atomic E-state index is 0.101. The molecule has 3 rings (SSSR count). The van der Waals surface area contributed by atoms with Crippen LogP contribution in [0.2, 0.25) is 0 Å². The van der Waals surface area contributed by atoms with Gasteiger partial charge in [-0.2, -0.15) is 5.10 Å². The molecule has 1 amide bonds. The number of nitrogens with one attached hydrogen (secondary N) is 3. The molecule has 1 aliphatic heterocycles. The first-order valence-electron chi connectivity index (χ1n) is 8.44. The van der Waals surface area contributed by atoms with Gasteiger partial charge in [-0.3, -0.25) is 14.8 Å². The zero-order valence-electron chi connectivity index (χ0n) is 14.3. The van der Waals surface area contributed by atoms with E-state index < -0.39 is 0 Å². The van der Waals surface area contributed by atoms with Crippen LogP contribution in [0.1, 0.15) is 34.2 Å². The fourth-order valence-corrected chi connectivity index (χ4v) is 2.92. The lowest BCUT2D eigenvalue weighted by atomic mass is 10.1. The molecule has 6 heteroatoms. The quantitative estimate of drug-likeness (QED) is 0.748. The maximum absolute atomic E-state index is 12.4. The number of fused-ring (bicyclic) bond motifs is 1. The molecule has 0 aliphatic carbocycles. The van der Waals surface area contributed by atoms with Crippen LogP contribution in [0, 0.1) is 0 Å². The molecule has 1 unspecified atom stereocenters. The van der Waals surface area contributed by atoms with Crippen molar-refractivity contribution in [1.29, 1.82) is 0 Å². The van der Waals surface area contributed by atoms with Crippen LogP contribution < -0.4 is 10.6 Å². The highest BCUT2D eigenvalue weighted by atomic mass is 16.1. The number of hydrogen-bond acceptors (Lipinski definition) is 4. The highest BCUT2D eigenvalue weighted by Gasteiger charge is 2.22.